The van der Waals surface area contributed by atoms with Crippen molar-refractivity contribution in [2.24, 2.45) is 11.7 Å². The Morgan fingerprint density at radius 2 is 2.33 bits per heavy atom. The fraction of sp³-hybridized carbons (Fsp3) is 0.800. The van der Waals surface area contributed by atoms with Crippen molar-refractivity contribution in [1.82, 2.24) is 5.32 Å². The molecule has 1 aliphatic heterocycles. The number of aliphatic carboxylic acids is 1. The number of carboxylic acids is 1. The lowest BCUT2D eigenvalue weighted by Crippen LogP contribution is -2.33. The van der Waals surface area contributed by atoms with E-state index in [1.165, 1.54) is 0 Å². The molecule has 52 valence electrons. The molecule has 1 saturated heterocycles. The third kappa shape index (κ3) is 1.20. The minimum absolute atomic E-state index is 0.206. The summed E-state index contributed by atoms with van der Waals surface area (Å²) in [4.78, 5) is 10.3. The van der Waals surface area contributed by atoms with E-state index in [0.717, 1.165) is 0 Å². The molecule has 0 aromatic carbocycles. The van der Waals surface area contributed by atoms with Crippen molar-refractivity contribution >= 4 is 5.97 Å². The Bertz CT molecular complexity index is 126. The standard InChI is InChI=1S/C5H10N2O2/c6-4-2-7-1-3(4)5(8)9/h3-4,7H,1-2,6H2,(H,8,9)/t3-,4+/m0/s1. The Hall–Kier alpha value is -0.610. The molecule has 0 bridgehead atoms. The van der Waals surface area contributed by atoms with E-state index < -0.39 is 5.97 Å². The highest BCUT2D eigenvalue weighted by molar-refractivity contribution is 5.71. The van der Waals surface area contributed by atoms with Crippen LogP contribution in [0.2, 0.25) is 0 Å². The maximum Gasteiger partial charge on any atom is 0.309 e. The molecule has 9 heavy (non-hydrogen) atoms. The van der Waals surface area contributed by atoms with Crippen LogP contribution in [-0.4, -0.2) is 30.2 Å². The van der Waals surface area contributed by atoms with Gasteiger partial charge in [0.25, 0.3) is 0 Å². The number of hydrogen-bond donors (Lipinski definition) is 3. The molecule has 0 aromatic heterocycles. The zero-order chi connectivity index (χ0) is 6.85. The van der Waals surface area contributed by atoms with Gasteiger partial charge in [-0.2, -0.15) is 0 Å². The van der Waals surface area contributed by atoms with Crippen LogP contribution in [0.25, 0.3) is 0 Å². The van der Waals surface area contributed by atoms with Crippen LogP contribution in [0.15, 0.2) is 0 Å². The summed E-state index contributed by atoms with van der Waals surface area (Å²) in [6.45, 7) is 1.13. The van der Waals surface area contributed by atoms with Crippen LogP contribution in [0.4, 0.5) is 0 Å². The van der Waals surface area contributed by atoms with Crippen LogP contribution in [0.3, 0.4) is 0 Å². The normalized spacial score (nSPS) is 34.8. The molecule has 0 aliphatic carbocycles. The number of rotatable bonds is 1. The molecule has 0 amide bonds. The second-order valence-corrected chi connectivity index (χ2v) is 2.27. The highest BCUT2D eigenvalue weighted by Crippen LogP contribution is 2.05. The van der Waals surface area contributed by atoms with Crippen molar-refractivity contribution in [3.8, 4) is 0 Å². The SMILES string of the molecule is N[C@@H]1CNC[C@@H]1C(=O)O. The number of carbonyl (C=O) groups is 1. The number of hydrogen-bond acceptors (Lipinski definition) is 3. The molecule has 4 nitrogen and oxygen atoms in total. The lowest BCUT2D eigenvalue weighted by atomic mass is 10.1. The summed E-state index contributed by atoms with van der Waals surface area (Å²) in [7, 11) is 0. The van der Waals surface area contributed by atoms with Crippen molar-refractivity contribution in [1.29, 1.82) is 0 Å². The third-order valence-corrected chi connectivity index (χ3v) is 1.58. The van der Waals surface area contributed by atoms with E-state index in [4.69, 9.17) is 10.8 Å². The second kappa shape index (κ2) is 2.33. The van der Waals surface area contributed by atoms with Gasteiger partial charge in [0.05, 0.1) is 5.92 Å². The minimum Gasteiger partial charge on any atom is -0.481 e. The van der Waals surface area contributed by atoms with E-state index in [1.54, 1.807) is 0 Å². The van der Waals surface area contributed by atoms with Gasteiger partial charge in [0.1, 0.15) is 0 Å². The molecule has 2 atom stereocenters. The molecular weight excluding hydrogens is 120 g/mol. The summed E-state index contributed by atoms with van der Waals surface area (Å²) in [5, 5.41) is 11.4. The van der Waals surface area contributed by atoms with E-state index in [9.17, 15) is 4.79 Å². The fourth-order valence-corrected chi connectivity index (χ4v) is 0.970. The lowest BCUT2D eigenvalue weighted by molar-refractivity contribution is -0.141. The highest BCUT2D eigenvalue weighted by Gasteiger charge is 2.29. The monoisotopic (exact) mass is 130 g/mol. The van der Waals surface area contributed by atoms with Gasteiger partial charge in [0, 0.05) is 19.1 Å². The number of nitrogens with two attached hydrogens (primary N) is 1. The molecule has 0 aromatic rings. The molecule has 0 saturated carbocycles. The molecule has 4 N–H and O–H groups in total. The van der Waals surface area contributed by atoms with Gasteiger partial charge in [-0.05, 0) is 0 Å². The van der Waals surface area contributed by atoms with Gasteiger partial charge < -0.3 is 16.2 Å². The molecule has 1 aliphatic rings. The molecule has 0 unspecified atom stereocenters. The summed E-state index contributed by atoms with van der Waals surface area (Å²) in [6.07, 6.45) is 0. The lowest BCUT2D eigenvalue weighted by Gasteiger charge is -2.06. The third-order valence-electron chi connectivity index (χ3n) is 1.58. The van der Waals surface area contributed by atoms with Crippen LogP contribution in [-0.2, 0) is 4.79 Å². The molecule has 4 heteroatoms. The zero-order valence-electron chi connectivity index (χ0n) is 5.00. The topological polar surface area (TPSA) is 75.3 Å². The molecule has 0 radical (unpaired) electrons. The first-order chi connectivity index (χ1) is 4.22. The highest BCUT2D eigenvalue weighted by atomic mass is 16.4. The van der Waals surface area contributed by atoms with E-state index in [0.29, 0.717) is 13.1 Å². The molecule has 1 fully saturated rings. The summed E-state index contributed by atoms with van der Waals surface area (Å²) in [5.74, 6) is -1.18. The quantitative estimate of drug-likeness (QED) is 0.409. The van der Waals surface area contributed by atoms with Gasteiger partial charge in [0.2, 0.25) is 0 Å². The Morgan fingerprint density at radius 3 is 2.56 bits per heavy atom. The van der Waals surface area contributed by atoms with Crippen LogP contribution in [0, 0.1) is 5.92 Å². The largest absolute Gasteiger partial charge is 0.481 e. The van der Waals surface area contributed by atoms with Gasteiger partial charge >= 0.3 is 5.97 Å². The van der Waals surface area contributed by atoms with Crippen molar-refractivity contribution in [3.63, 3.8) is 0 Å². The van der Waals surface area contributed by atoms with Crippen LogP contribution in [0.5, 0.6) is 0 Å². The van der Waals surface area contributed by atoms with Crippen LogP contribution < -0.4 is 11.1 Å². The van der Waals surface area contributed by atoms with Crippen LogP contribution >= 0.6 is 0 Å². The van der Waals surface area contributed by atoms with Gasteiger partial charge in [-0.15, -0.1) is 0 Å². The maximum atomic E-state index is 10.3. The number of nitrogens with one attached hydrogen (secondary N) is 1. The van der Waals surface area contributed by atoms with E-state index >= 15 is 0 Å². The maximum absolute atomic E-state index is 10.3. The predicted molar refractivity (Wildman–Crippen MR) is 32.0 cm³/mol. The van der Waals surface area contributed by atoms with Crippen molar-refractivity contribution in [3.05, 3.63) is 0 Å². The smallest absolute Gasteiger partial charge is 0.309 e. The Morgan fingerprint density at radius 1 is 1.67 bits per heavy atom. The van der Waals surface area contributed by atoms with Crippen molar-refractivity contribution < 1.29 is 9.90 Å². The second-order valence-electron chi connectivity index (χ2n) is 2.27. The van der Waals surface area contributed by atoms with Crippen molar-refractivity contribution in [2.75, 3.05) is 13.1 Å². The first-order valence-corrected chi connectivity index (χ1v) is 2.91. The molecular formula is C5H10N2O2. The molecule has 1 heterocycles. The summed E-state index contributed by atoms with van der Waals surface area (Å²) >= 11 is 0. The molecule has 0 spiro atoms. The van der Waals surface area contributed by atoms with E-state index in [1.807, 2.05) is 0 Å². The van der Waals surface area contributed by atoms with Gasteiger partial charge in [-0.3, -0.25) is 4.79 Å². The van der Waals surface area contributed by atoms with Gasteiger partial charge in [0.15, 0.2) is 0 Å². The average molecular weight is 130 g/mol. The van der Waals surface area contributed by atoms with Gasteiger partial charge in [-0.25, -0.2) is 0 Å². The first kappa shape index (κ1) is 6.51. The van der Waals surface area contributed by atoms with Crippen molar-refractivity contribution in [2.45, 2.75) is 6.04 Å². The van der Waals surface area contributed by atoms with Gasteiger partial charge in [-0.1, -0.05) is 0 Å². The summed E-state index contributed by atoms with van der Waals surface area (Å²) < 4.78 is 0. The Balaban J connectivity index is 2.49. The minimum atomic E-state index is -0.799. The summed E-state index contributed by atoms with van der Waals surface area (Å²) in [6, 6.07) is -0.206. The molecule has 1 rings (SSSR count). The predicted octanol–water partition coefficient (Wildman–Crippen LogP) is -1.38. The Kier molecular flexibility index (Phi) is 1.68. The Labute approximate surface area is 53.0 Å². The zero-order valence-corrected chi connectivity index (χ0v) is 5.00. The first-order valence-electron chi connectivity index (χ1n) is 2.91. The fourth-order valence-electron chi connectivity index (χ4n) is 0.970. The summed E-state index contributed by atoms with van der Waals surface area (Å²) in [5.41, 5.74) is 5.44. The van der Waals surface area contributed by atoms with E-state index in [2.05, 4.69) is 5.32 Å². The van der Waals surface area contributed by atoms with E-state index in [-0.39, 0.29) is 12.0 Å². The average Bonchev–Trinajstić information content (AvgIpc) is 2.13. The number of carboxylic acid groups (broad SMARTS) is 1. The van der Waals surface area contributed by atoms with Crippen LogP contribution in [0.1, 0.15) is 0 Å².